The molecule has 0 saturated carbocycles. The minimum atomic E-state index is -0.993. The normalized spacial score (nSPS) is 10.4. The molecule has 20 heavy (non-hydrogen) atoms. The summed E-state index contributed by atoms with van der Waals surface area (Å²) in [7, 11) is 0. The third kappa shape index (κ3) is 2.59. The van der Waals surface area contributed by atoms with Crippen LogP contribution in [0.15, 0.2) is 30.3 Å². The molecule has 0 heterocycles. The minimum absolute atomic E-state index is 0.0574. The van der Waals surface area contributed by atoms with Crippen molar-refractivity contribution in [3.8, 4) is 0 Å². The van der Waals surface area contributed by atoms with Crippen LogP contribution < -0.4 is 11.1 Å². The molecule has 6 heteroatoms. The van der Waals surface area contributed by atoms with E-state index in [0.717, 1.165) is 12.1 Å². The number of nitrogens with two attached hydrogens (primary N) is 1. The first kappa shape index (κ1) is 13.9. The summed E-state index contributed by atoms with van der Waals surface area (Å²) in [5.74, 6) is -3.65. The molecule has 0 aromatic heterocycles. The van der Waals surface area contributed by atoms with E-state index in [0.29, 0.717) is 0 Å². The second-order valence-corrected chi connectivity index (χ2v) is 4.24. The molecule has 0 spiro atoms. The fourth-order valence-electron chi connectivity index (χ4n) is 1.66. The number of hydrogen-bond donors (Lipinski definition) is 2. The molecule has 0 unspecified atom stereocenters. The highest BCUT2D eigenvalue weighted by Gasteiger charge is 2.19. The van der Waals surface area contributed by atoms with E-state index >= 15 is 0 Å². The Kier molecular flexibility index (Phi) is 3.65. The smallest absolute Gasteiger partial charge is 0.261 e. The van der Waals surface area contributed by atoms with Gasteiger partial charge in [0.2, 0.25) is 0 Å². The number of rotatable bonds is 2. The van der Waals surface area contributed by atoms with E-state index in [9.17, 15) is 18.0 Å². The van der Waals surface area contributed by atoms with E-state index in [1.54, 1.807) is 0 Å². The maximum Gasteiger partial charge on any atom is 0.261 e. The number of nitrogens with one attached hydrogen (secondary N) is 1. The molecule has 2 aromatic rings. The molecule has 0 saturated heterocycles. The van der Waals surface area contributed by atoms with Gasteiger partial charge in [-0.25, -0.2) is 13.2 Å². The second kappa shape index (κ2) is 5.24. The summed E-state index contributed by atoms with van der Waals surface area (Å²) >= 11 is 0. The lowest BCUT2D eigenvalue weighted by Gasteiger charge is -2.09. The molecule has 1 amide bonds. The predicted octanol–water partition coefficient (Wildman–Crippen LogP) is 3.25. The summed E-state index contributed by atoms with van der Waals surface area (Å²) in [4.78, 5) is 11.9. The fraction of sp³-hybridized carbons (Fsp3) is 0.0714. The number of amides is 1. The highest BCUT2D eigenvalue weighted by molar-refractivity contribution is 6.04. The van der Waals surface area contributed by atoms with Crippen molar-refractivity contribution >= 4 is 17.3 Å². The van der Waals surface area contributed by atoms with Crippen LogP contribution in [0, 0.1) is 24.4 Å². The van der Waals surface area contributed by atoms with Gasteiger partial charge >= 0.3 is 0 Å². The Balaban J connectivity index is 2.33. The fourth-order valence-corrected chi connectivity index (χ4v) is 1.66. The molecular formula is C14H11F3N2O. The second-order valence-electron chi connectivity index (χ2n) is 4.24. The maximum absolute atomic E-state index is 13.8. The van der Waals surface area contributed by atoms with Gasteiger partial charge in [0, 0.05) is 5.69 Å². The van der Waals surface area contributed by atoms with Crippen molar-refractivity contribution in [1.82, 2.24) is 0 Å². The highest BCUT2D eigenvalue weighted by Crippen LogP contribution is 2.20. The Labute approximate surface area is 113 Å². The summed E-state index contributed by atoms with van der Waals surface area (Å²) in [6.45, 7) is 1.41. The number of benzene rings is 2. The summed E-state index contributed by atoms with van der Waals surface area (Å²) < 4.78 is 40.5. The predicted molar refractivity (Wildman–Crippen MR) is 69.9 cm³/mol. The number of carbonyl (C=O) groups excluding carboxylic acids is 1. The van der Waals surface area contributed by atoms with Crippen molar-refractivity contribution in [2.45, 2.75) is 6.92 Å². The third-order valence-corrected chi connectivity index (χ3v) is 2.77. The van der Waals surface area contributed by atoms with Crippen molar-refractivity contribution < 1.29 is 18.0 Å². The molecule has 3 nitrogen and oxygen atoms in total. The number of halogens is 3. The van der Waals surface area contributed by atoms with Crippen LogP contribution in [-0.4, -0.2) is 5.91 Å². The molecule has 0 aliphatic carbocycles. The van der Waals surface area contributed by atoms with Crippen molar-refractivity contribution in [3.63, 3.8) is 0 Å². The first-order valence-corrected chi connectivity index (χ1v) is 5.71. The summed E-state index contributed by atoms with van der Waals surface area (Å²) in [5, 5.41) is 2.22. The SMILES string of the molecule is Cc1ccc(F)c(C(=O)Nc2ccc(N)c(F)c2)c1F. The van der Waals surface area contributed by atoms with Crippen LogP contribution in [0.2, 0.25) is 0 Å². The van der Waals surface area contributed by atoms with Crippen LogP contribution in [-0.2, 0) is 0 Å². The van der Waals surface area contributed by atoms with E-state index in [-0.39, 0.29) is 16.9 Å². The van der Waals surface area contributed by atoms with E-state index in [1.165, 1.54) is 25.1 Å². The Hall–Kier alpha value is -2.50. The summed E-state index contributed by atoms with van der Waals surface area (Å²) in [6.07, 6.45) is 0. The van der Waals surface area contributed by atoms with Crippen LogP contribution in [0.25, 0.3) is 0 Å². The van der Waals surface area contributed by atoms with Gasteiger partial charge in [0.1, 0.15) is 23.0 Å². The van der Waals surface area contributed by atoms with Crippen LogP contribution in [0.3, 0.4) is 0 Å². The van der Waals surface area contributed by atoms with Gasteiger partial charge in [0.05, 0.1) is 5.69 Å². The van der Waals surface area contributed by atoms with E-state index in [2.05, 4.69) is 5.32 Å². The van der Waals surface area contributed by atoms with Crippen LogP contribution in [0.5, 0.6) is 0 Å². The number of nitrogen functional groups attached to an aromatic ring is 1. The first-order valence-electron chi connectivity index (χ1n) is 5.71. The van der Waals surface area contributed by atoms with Gasteiger partial charge in [-0.15, -0.1) is 0 Å². The highest BCUT2D eigenvalue weighted by atomic mass is 19.1. The molecule has 0 radical (unpaired) electrons. The molecule has 0 aliphatic heterocycles. The standard InChI is InChI=1S/C14H11F3N2O/c1-7-2-4-9(15)12(13(7)17)14(20)19-8-3-5-11(18)10(16)6-8/h2-6H,18H2,1H3,(H,19,20). The average Bonchev–Trinajstić information content (AvgIpc) is 2.39. The minimum Gasteiger partial charge on any atom is -0.396 e. The summed E-state index contributed by atoms with van der Waals surface area (Å²) in [5.41, 5.74) is 4.69. The number of carbonyl (C=O) groups is 1. The van der Waals surface area contributed by atoms with Gasteiger partial charge in [-0.3, -0.25) is 4.79 Å². The zero-order chi connectivity index (χ0) is 14.9. The monoisotopic (exact) mass is 280 g/mol. The number of anilines is 2. The zero-order valence-electron chi connectivity index (χ0n) is 10.5. The lowest BCUT2D eigenvalue weighted by atomic mass is 10.1. The lowest BCUT2D eigenvalue weighted by molar-refractivity contribution is 0.101. The Morgan fingerprint density at radius 1 is 1.10 bits per heavy atom. The maximum atomic E-state index is 13.8. The van der Waals surface area contributed by atoms with Gasteiger partial charge in [-0.1, -0.05) is 6.07 Å². The molecule has 104 valence electrons. The lowest BCUT2D eigenvalue weighted by Crippen LogP contribution is -2.16. The van der Waals surface area contributed by atoms with Gasteiger partial charge in [-0.2, -0.15) is 0 Å². The molecule has 0 bridgehead atoms. The Morgan fingerprint density at radius 3 is 2.45 bits per heavy atom. The molecule has 2 rings (SSSR count). The Bertz CT molecular complexity index is 686. The zero-order valence-corrected chi connectivity index (χ0v) is 10.5. The average molecular weight is 280 g/mol. The van der Waals surface area contributed by atoms with E-state index in [1.807, 2.05) is 0 Å². The first-order chi connectivity index (χ1) is 9.40. The molecule has 0 aliphatic rings. The molecule has 2 aromatic carbocycles. The quantitative estimate of drug-likeness (QED) is 0.830. The van der Waals surface area contributed by atoms with Gasteiger partial charge in [0.25, 0.3) is 5.91 Å². The molecule has 0 fully saturated rings. The number of aryl methyl sites for hydroxylation is 1. The van der Waals surface area contributed by atoms with Crippen LogP contribution in [0.1, 0.15) is 15.9 Å². The van der Waals surface area contributed by atoms with Gasteiger partial charge < -0.3 is 11.1 Å². The van der Waals surface area contributed by atoms with Crippen LogP contribution in [0.4, 0.5) is 24.5 Å². The van der Waals surface area contributed by atoms with Crippen molar-refractivity contribution in [2.75, 3.05) is 11.1 Å². The van der Waals surface area contributed by atoms with Crippen molar-refractivity contribution in [3.05, 3.63) is 58.9 Å². The van der Waals surface area contributed by atoms with Crippen molar-refractivity contribution in [1.29, 1.82) is 0 Å². The molecule has 3 N–H and O–H groups in total. The number of hydrogen-bond acceptors (Lipinski definition) is 2. The van der Waals surface area contributed by atoms with E-state index in [4.69, 9.17) is 5.73 Å². The van der Waals surface area contributed by atoms with Gasteiger partial charge in [-0.05, 0) is 36.8 Å². The van der Waals surface area contributed by atoms with Crippen molar-refractivity contribution in [2.24, 2.45) is 0 Å². The topological polar surface area (TPSA) is 55.1 Å². The Morgan fingerprint density at radius 2 is 1.80 bits per heavy atom. The molecule has 0 atom stereocenters. The molecular weight excluding hydrogens is 269 g/mol. The van der Waals surface area contributed by atoms with E-state index < -0.39 is 28.9 Å². The van der Waals surface area contributed by atoms with Crippen LogP contribution >= 0.6 is 0 Å². The van der Waals surface area contributed by atoms with Gasteiger partial charge in [0.15, 0.2) is 0 Å². The summed E-state index contributed by atoms with van der Waals surface area (Å²) in [6, 6.07) is 5.77. The third-order valence-electron chi connectivity index (χ3n) is 2.77. The largest absolute Gasteiger partial charge is 0.396 e.